The van der Waals surface area contributed by atoms with Crippen LogP contribution in [0.15, 0.2) is 0 Å². The average molecular weight is 154 g/mol. The fourth-order valence-corrected chi connectivity index (χ4v) is 2.14. The third-order valence-corrected chi connectivity index (χ3v) is 3.90. The molecular formula is C11H22. The Morgan fingerprint density at radius 3 is 1.73 bits per heavy atom. The van der Waals surface area contributed by atoms with Gasteiger partial charge in [0.15, 0.2) is 0 Å². The summed E-state index contributed by atoms with van der Waals surface area (Å²) in [5.74, 6) is 1.77. The summed E-state index contributed by atoms with van der Waals surface area (Å²) in [7, 11) is 0. The van der Waals surface area contributed by atoms with Gasteiger partial charge in [-0.2, -0.15) is 0 Å². The Labute approximate surface area is 71.4 Å². The van der Waals surface area contributed by atoms with E-state index in [0.717, 1.165) is 11.8 Å². The third-order valence-electron chi connectivity index (χ3n) is 3.90. The van der Waals surface area contributed by atoms with Gasteiger partial charge in [0.05, 0.1) is 0 Å². The SMILES string of the molecule is CC(C)C(C)(C)C1CC1(C)C. The molecule has 0 spiro atoms. The van der Waals surface area contributed by atoms with E-state index in [2.05, 4.69) is 41.5 Å². The summed E-state index contributed by atoms with van der Waals surface area (Å²) in [6, 6.07) is 0. The zero-order valence-electron chi connectivity index (χ0n) is 8.86. The summed E-state index contributed by atoms with van der Waals surface area (Å²) in [5, 5.41) is 0. The summed E-state index contributed by atoms with van der Waals surface area (Å²) in [6.45, 7) is 14.3. The fourth-order valence-electron chi connectivity index (χ4n) is 2.14. The van der Waals surface area contributed by atoms with Crippen LogP contribution in [0, 0.1) is 22.7 Å². The Morgan fingerprint density at radius 1 is 1.27 bits per heavy atom. The lowest BCUT2D eigenvalue weighted by molar-refractivity contribution is 0.181. The van der Waals surface area contributed by atoms with Gasteiger partial charge in [0.2, 0.25) is 0 Å². The van der Waals surface area contributed by atoms with E-state index in [4.69, 9.17) is 0 Å². The van der Waals surface area contributed by atoms with E-state index >= 15 is 0 Å². The van der Waals surface area contributed by atoms with E-state index in [0.29, 0.717) is 10.8 Å². The highest BCUT2D eigenvalue weighted by atomic mass is 14.6. The molecule has 1 aliphatic carbocycles. The maximum atomic E-state index is 2.41. The summed E-state index contributed by atoms with van der Waals surface area (Å²) in [5.41, 5.74) is 1.18. The molecule has 0 heteroatoms. The summed E-state index contributed by atoms with van der Waals surface area (Å²) < 4.78 is 0. The first-order valence-electron chi connectivity index (χ1n) is 4.78. The second-order valence-corrected chi connectivity index (χ2v) is 5.72. The molecule has 0 aromatic carbocycles. The van der Waals surface area contributed by atoms with Crippen LogP contribution in [0.5, 0.6) is 0 Å². The van der Waals surface area contributed by atoms with Crippen LogP contribution < -0.4 is 0 Å². The minimum absolute atomic E-state index is 0.545. The second-order valence-electron chi connectivity index (χ2n) is 5.72. The van der Waals surface area contributed by atoms with E-state index in [1.807, 2.05) is 0 Å². The van der Waals surface area contributed by atoms with Crippen LogP contribution in [0.1, 0.15) is 48.0 Å². The Bertz CT molecular complexity index is 151. The quantitative estimate of drug-likeness (QED) is 0.568. The molecule has 1 atom stereocenters. The fraction of sp³-hybridized carbons (Fsp3) is 1.00. The molecule has 0 aromatic heterocycles. The van der Waals surface area contributed by atoms with E-state index in [9.17, 15) is 0 Å². The highest BCUT2D eigenvalue weighted by Gasteiger charge is 2.54. The molecule has 66 valence electrons. The molecule has 11 heavy (non-hydrogen) atoms. The molecule has 1 fully saturated rings. The zero-order valence-corrected chi connectivity index (χ0v) is 8.86. The van der Waals surface area contributed by atoms with Crippen molar-refractivity contribution in [2.45, 2.75) is 48.0 Å². The van der Waals surface area contributed by atoms with Gasteiger partial charge < -0.3 is 0 Å². The molecule has 0 heterocycles. The molecule has 1 unspecified atom stereocenters. The lowest BCUT2D eigenvalue weighted by Gasteiger charge is -2.31. The van der Waals surface area contributed by atoms with Gasteiger partial charge in [-0.3, -0.25) is 0 Å². The van der Waals surface area contributed by atoms with Crippen molar-refractivity contribution in [1.82, 2.24) is 0 Å². The van der Waals surface area contributed by atoms with Crippen LogP contribution in [0.2, 0.25) is 0 Å². The minimum Gasteiger partial charge on any atom is -0.0623 e. The van der Waals surface area contributed by atoms with Gasteiger partial charge in [-0.25, -0.2) is 0 Å². The first kappa shape index (κ1) is 9.09. The summed E-state index contributed by atoms with van der Waals surface area (Å²) in [4.78, 5) is 0. The molecule has 0 aromatic rings. The molecule has 0 N–H and O–H groups in total. The van der Waals surface area contributed by atoms with Crippen LogP contribution in [0.4, 0.5) is 0 Å². The zero-order chi connectivity index (χ0) is 8.86. The van der Waals surface area contributed by atoms with Crippen molar-refractivity contribution < 1.29 is 0 Å². The highest BCUT2D eigenvalue weighted by molar-refractivity contribution is 5.03. The average Bonchev–Trinajstić information content (AvgIpc) is 2.40. The number of hydrogen-bond acceptors (Lipinski definition) is 0. The lowest BCUT2D eigenvalue weighted by Crippen LogP contribution is -2.23. The first-order valence-corrected chi connectivity index (χ1v) is 4.78. The second kappa shape index (κ2) is 2.24. The van der Waals surface area contributed by atoms with Crippen molar-refractivity contribution >= 4 is 0 Å². The van der Waals surface area contributed by atoms with Crippen molar-refractivity contribution in [3.63, 3.8) is 0 Å². The molecular weight excluding hydrogens is 132 g/mol. The molecule has 1 saturated carbocycles. The number of rotatable bonds is 2. The smallest absolute Gasteiger partial charge is 0.0298 e. The Balaban J connectivity index is 2.62. The van der Waals surface area contributed by atoms with Gasteiger partial charge in [0.1, 0.15) is 0 Å². The molecule has 0 amide bonds. The van der Waals surface area contributed by atoms with E-state index in [1.165, 1.54) is 6.42 Å². The molecule has 0 aliphatic heterocycles. The monoisotopic (exact) mass is 154 g/mol. The lowest BCUT2D eigenvalue weighted by atomic mass is 9.74. The van der Waals surface area contributed by atoms with Crippen LogP contribution in [0.3, 0.4) is 0 Å². The van der Waals surface area contributed by atoms with Gasteiger partial charge in [0, 0.05) is 0 Å². The topological polar surface area (TPSA) is 0 Å². The Kier molecular flexibility index (Phi) is 1.85. The Hall–Kier alpha value is 0. The summed E-state index contributed by atoms with van der Waals surface area (Å²) in [6.07, 6.45) is 1.43. The van der Waals surface area contributed by atoms with Crippen molar-refractivity contribution in [2.75, 3.05) is 0 Å². The van der Waals surface area contributed by atoms with Gasteiger partial charge >= 0.3 is 0 Å². The number of hydrogen-bond donors (Lipinski definition) is 0. The normalized spacial score (nSPS) is 29.2. The van der Waals surface area contributed by atoms with Crippen LogP contribution in [-0.4, -0.2) is 0 Å². The van der Waals surface area contributed by atoms with Crippen LogP contribution >= 0.6 is 0 Å². The minimum atomic E-state index is 0.545. The van der Waals surface area contributed by atoms with Gasteiger partial charge in [-0.1, -0.05) is 41.5 Å². The maximum absolute atomic E-state index is 2.41. The third kappa shape index (κ3) is 1.45. The predicted octanol–water partition coefficient (Wildman–Crippen LogP) is 3.71. The van der Waals surface area contributed by atoms with Crippen molar-refractivity contribution in [3.05, 3.63) is 0 Å². The molecule has 1 rings (SSSR count). The van der Waals surface area contributed by atoms with E-state index in [1.54, 1.807) is 0 Å². The highest BCUT2D eigenvalue weighted by Crippen LogP contribution is 2.62. The van der Waals surface area contributed by atoms with E-state index in [-0.39, 0.29) is 0 Å². The van der Waals surface area contributed by atoms with Crippen molar-refractivity contribution in [1.29, 1.82) is 0 Å². The van der Waals surface area contributed by atoms with Gasteiger partial charge in [-0.05, 0) is 29.1 Å². The van der Waals surface area contributed by atoms with Crippen molar-refractivity contribution in [3.8, 4) is 0 Å². The Morgan fingerprint density at radius 2 is 1.64 bits per heavy atom. The molecule has 0 bridgehead atoms. The molecule has 0 nitrogen and oxygen atoms in total. The first-order chi connectivity index (χ1) is 4.78. The van der Waals surface area contributed by atoms with Gasteiger partial charge in [-0.15, -0.1) is 0 Å². The summed E-state index contributed by atoms with van der Waals surface area (Å²) >= 11 is 0. The van der Waals surface area contributed by atoms with Crippen LogP contribution in [-0.2, 0) is 0 Å². The standard InChI is InChI=1S/C11H22/c1-8(2)11(5,6)9-7-10(9,3)4/h8-9H,7H2,1-6H3. The van der Waals surface area contributed by atoms with Crippen LogP contribution in [0.25, 0.3) is 0 Å². The maximum Gasteiger partial charge on any atom is -0.0298 e. The predicted molar refractivity (Wildman–Crippen MR) is 50.5 cm³/mol. The molecule has 0 saturated heterocycles. The largest absolute Gasteiger partial charge is 0.0623 e. The van der Waals surface area contributed by atoms with E-state index < -0.39 is 0 Å². The molecule has 0 radical (unpaired) electrons. The molecule has 1 aliphatic rings. The van der Waals surface area contributed by atoms with Gasteiger partial charge in [0.25, 0.3) is 0 Å². The van der Waals surface area contributed by atoms with Crippen molar-refractivity contribution in [2.24, 2.45) is 22.7 Å².